The molecule has 96 valence electrons. The Morgan fingerprint density at radius 3 is 2.71 bits per heavy atom. The summed E-state index contributed by atoms with van der Waals surface area (Å²) in [5.41, 5.74) is 3.07. The molecule has 0 amide bonds. The molecule has 0 spiro atoms. The second-order valence-electron chi connectivity index (χ2n) is 3.90. The van der Waals surface area contributed by atoms with Crippen molar-refractivity contribution in [2.75, 3.05) is 23.9 Å². The fraction of sp³-hybridized carbons (Fsp3) is 0.636. The SMILES string of the molecule is CSCCCNC(=S)Nc1c(C)nn(C)c1C. The van der Waals surface area contributed by atoms with Gasteiger partial charge in [-0.05, 0) is 44.5 Å². The predicted molar refractivity (Wildman–Crippen MR) is 79.9 cm³/mol. The number of anilines is 1. The first-order valence-corrected chi connectivity index (χ1v) is 7.40. The summed E-state index contributed by atoms with van der Waals surface area (Å²) in [4.78, 5) is 0. The molecule has 1 heterocycles. The molecule has 17 heavy (non-hydrogen) atoms. The van der Waals surface area contributed by atoms with Crippen molar-refractivity contribution in [2.45, 2.75) is 20.3 Å². The van der Waals surface area contributed by atoms with Gasteiger partial charge in [0.15, 0.2) is 5.11 Å². The van der Waals surface area contributed by atoms with E-state index >= 15 is 0 Å². The van der Waals surface area contributed by atoms with Crippen LogP contribution in [-0.4, -0.2) is 33.4 Å². The number of aryl methyl sites for hydroxylation is 2. The lowest BCUT2D eigenvalue weighted by atomic mass is 10.3. The van der Waals surface area contributed by atoms with Gasteiger partial charge in [0, 0.05) is 13.6 Å². The lowest BCUT2D eigenvalue weighted by Gasteiger charge is -2.10. The number of nitrogens with zero attached hydrogens (tertiary/aromatic N) is 2. The number of hydrogen-bond acceptors (Lipinski definition) is 3. The van der Waals surface area contributed by atoms with Crippen molar-refractivity contribution in [1.29, 1.82) is 0 Å². The van der Waals surface area contributed by atoms with Crippen molar-refractivity contribution in [2.24, 2.45) is 7.05 Å². The molecule has 6 heteroatoms. The summed E-state index contributed by atoms with van der Waals surface area (Å²) in [5, 5.41) is 11.4. The van der Waals surface area contributed by atoms with Gasteiger partial charge >= 0.3 is 0 Å². The molecule has 0 saturated heterocycles. The highest BCUT2D eigenvalue weighted by Gasteiger charge is 2.09. The number of rotatable bonds is 5. The highest BCUT2D eigenvalue weighted by molar-refractivity contribution is 7.98. The van der Waals surface area contributed by atoms with Crippen LogP contribution in [0.1, 0.15) is 17.8 Å². The quantitative estimate of drug-likeness (QED) is 0.634. The molecule has 2 N–H and O–H groups in total. The second-order valence-corrected chi connectivity index (χ2v) is 5.29. The van der Waals surface area contributed by atoms with Gasteiger partial charge in [-0.1, -0.05) is 0 Å². The van der Waals surface area contributed by atoms with Crippen molar-refractivity contribution < 1.29 is 0 Å². The van der Waals surface area contributed by atoms with Crippen LogP contribution in [0.2, 0.25) is 0 Å². The molecule has 0 aliphatic rings. The zero-order valence-corrected chi connectivity index (χ0v) is 12.5. The molecule has 0 aliphatic carbocycles. The minimum Gasteiger partial charge on any atom is -0.362 e. The van der Waals surface area contributed by atoms with Crippen LogP contribution >= 0.6 is 24.0 Å². The van der Waals surface area contributed by atoms with Gasteiger partial charge in [0.25, 0.3) is 0 Å². The van der Waals surface area contributed by atoms with Gasteiger partial charge in [-0.3, -0.25) is 4.68 Å². The summed E-state index contributed by atoms with van der Waals surface area (Å²) in [5.74, 6) is 1.15. The fourth-order valence-electron chi connectivity index (χ4n) is 1.53. The standard InChI is InChI=1S/C11H20N4S2/c1-8-10(9(2)15(3)14-8)13-11(16)12-6-5-7-17-4/h5-7H2,1-4H3,(H2,12,13,16). The third kappa shape index (κ3) is 4.20. The van der Waals surface area contributed by atoms with Crippen LogP contribution in [-0.2, 0) is 7.05 Å². The summed E-state index contributed by atoms with van der Waals surface area (Å²) in [6, 6.07) is 0. The molecule has 1 rings (SSSR count). The summed E-state index contributed by atoms with van der Waals surface area (Å²) in [7, 11) is 1.93. The predicted octanol–water partition coefficient (Wildman–Crippen LogP) is 2.08. The molecule has 0 aromatic carbocycles. The molecule has 0 bridgehead atoms. The van der Waals surface area contributed by atoms with Crippen molar-refractivity contribution in [1.82, 2.24) is 15.1 Å². The van der Waals surface area contributed by atoms with E-state index in [2.05, 4.69) is 22.0 Å². The molecule has 0 saturated carbocycles. The Labute approximate surface area is 113 Å². The van der Waals surface area contributed by atoms with Gasteiger partial charge in [-0.2, -0.15) is 16.9 Å². The van der Waals surface area contributed by atoms with E-state index in [1.807, 2.05) is 37.3 Å². The van der Waals surface area contributed by atoms with Crippen LogP contribution < -0.4 is 10.6 Å². The summed E-state index contributed by atoms with van der Waals surface area (Å²) in [6.45, 7) is 4.91. The largest absolute Gasteiger partial charge is 0.362 e. The number of nitrogens with one attached hydrogen (secondary N) is 2. The first-order chi connectivity index (χ1) is 8.06. The molecule has 0 atom stereocenters. The van der Waals surface area contributed by atoms with E-state index in [4.69, 9.17) is 12.2 Å². The molecule has 1 aromatic heterocycles. The summed E-state index contributed by atoms with van der Waals surface area (Å²) in [6.07, 6.45) is 3.23. The molecule has 0 aliphatic heterocycles. The Kier molecular flexibility index (Phi) is 5.77. The Bertz CT molecular complexity index is 387. The maximum absolute atomic E-state index is 5.25. The van der Waals surface area contributed by atoms with Crippen molar-refractivity contribution in [3.05, 3.63) is 11.4 Å². The Morgan fingerprint density at radius 2 is 2.18 bits per heavy atom. The van der Waals surface area contributed by atoms with Gasteiger partial charge in [0.05, 0.1) is 17.1 Å². The Morgan fingerprint density at radius 1 is 1.47 bits per heavy atom. The van der Waals surface area contributed by atoms with Gasteiger partial charge in [-0.15, -0.1) is 0 Å². The number of hydrogen-bond donors (Lipinski definition) is 2. The molecule has 0 unspecified atom stereocenters. The zero-order valence-electron chi connectivity index (χ0n) is 10.8. The van der Waals surface area contributed by atoms with Crippen molar-refractivity contribution in [3.63, 3.8) is 0 Å². The van der Waals surface area contributed by atoms with Crippen LogP contribution in [0.5, 0.6) is 0 Å². The number of aromatic nitrogens is 2. The second kappa shape index (κ2) is 6.86. The average molecular weight is 272 g/mol. The first-order valence-electron chi connectivity index (χ1n) is 5.60. The zero-order chi connectivity index (χ0) is 12.8. The number of thiocarbonyl (C=S) groups is 1. The van der Waals surface area contributed by atoms with E-state index in [1.165, 1.54) is 0 Å². The molecular formula is C11H20N4S2. The van der Waals surface area contributed by atoms with Crippen LogP contribution in [0.25, 0.3) is 0 Å². The van der Waals surface area contributed by atoms with Gasteiger partial charge in [0.1, 0.15) is 0 Å². The summed E-state index contributed by atoms with van der Waals surface area (Å²) < 4.78 is 1.86. The van der Waals surface area contributed by atoms with E-state index in [9.17, 15) is 0 Å². The van der Waals surface area contributed by atoms with Crippen molar-refractivity contribution in [3.8, 4) is 0 Å². The minimum absolute atomic E-state index is 0.672. The van der Waals surface area contributed by atoms with Gasteiger partial charge in [0.2, 0.25) is 0 Å². The topological polar surface area (TPSA) is 41.9 Å². The van der Waals surface area contributed by atoms with E-state index in [-0.39, 0.29) is 0 Å². The molecule has 0 fully saturated rings. The fourth-order valence-corrected chi connectivity index (χ4v) is 2.17. The maximum Gasteiger partial charge on any atom is 0.170 e. The molecule has 4 nitrogen and oxygen atoms in total. The Balaban J connectivity index is 2.45. The highest BCUT2D eigenvalue weighted by atomic mass is 32.2. The molecule has 1 aromatic rings. The minimum atomic E-state index is 0.672. The van der Waals surface area contributed by atoms with E-state index in [0.29, 0.717) is 5.11 Å². The highest BCUT2D eigenvalue weighted by Crippen LogP contribution is 2.17. The lowest BCUT2D eigenvalue weighted by molar-refractivity contribution is 0.731. The van der Waals surface area contributed by atoms with E-state index < -0.39 is 0 Å². The van der Waals surface area contributed by atoms with Crippen LogP contribution in [0, 0.1) is 13.8 Å². The van der Waals surface area contributed by atoms with Crippen LogP contribution in [0.4, 0.5) is 5.69 Å². The third-order valence-electron chi connectivity index (χ3n) is 2.56. The summed E-state index contributed by atoms with van der Waals surface area (Å²) >= 11 is 7.10. The van der Waals surface area contributed by atoms with Crippen molar-refractivity contribution >= 4 is 34.8 Å². The van der Waals surface area contributed by atoms with Gasteiger partial charge in [-0.25, -0.2) is 0 Å². The molecular weight excluding hydrogens is 252 g/mol. The van der Waals surface area contributed by atoms with E-state index in [0.717, 1.165) is 35.8 Å². The van der Waals surface area contributed by atoms with Crippen LogP contribution in [0.3, 0.4) is 0 Å². The number of thioether (sulfide) groups is 1. The Hall–Kier alpha value is -0.750. The van der Waals surface area contributed by atoms with Gasteiger partial charge < -0.3 is 10.6 Å². The lowest BCUT2D eigenvalue weighted by Crippen LogP contribution is -2.29. The normalized spacial score (nSPS) is 10.4. The maximum atomic E-state index is 5.25. The average Bonchev–Trinajstić information content (AvgIpc) is 2.52. The van der Waals surface area contributed by atoms with E-state index in [1.54, 1.807) is 0 Å². The smallest absolute Gasteiger partial charge is 0.170 e. The van der Waals surface area contributed by atoms with Crippen LogP contribution in [0.15, 0.2) is 0 Å². The monoisotopic (exact) mass is 272 g/mol. The third-order valence-corrected chi connectivity index (χ3v) is 3.50. The first kappa shape index (κ1) is 14.3. The molecule has 0 radical (unpaired) electrons.